The Bertz CT molecular complexity index is 1520. The highest BCUT2D eigenvalue weighted by Crippen LogP contribution is 2.63. The molecule has 0 saturated heterocycles. The van der Waals surface area contributed by atoms with E-state index in [1.165, 1.54) is 0 Å². The number of hydrogen-bond donors (Lipinski definition) is 2. The molecule has 0 atom stereocenters. The van der Waals surface area contributed by atoms with Crippen LogP contribution >= 0.6 is 23.2 Å². The summed E-state index contributed by atoms with van der Waals surface area (Å²) in [7, 11) is 3.69. The Balaban J connectivity index is 1.11. The molecule has 230 valence electrons. The van der Waals surface area contributed by atoms with Gasteiger partial charge in [0.1, 0.15) is 0 Å². The van der Waals surface area contributed by atoms with Gasteiger partial charge in [-0.25, -0.2) is 4.98 Å². The van der Waals surface area contributed by atoms with Crippen LogP contribution in [0.25, 0.3) is 11.1 Å². The van der Waals surface area contributed by atoms with Gasteiger partial charge in [0, 0.05) is 50.4 Å². The third kappa shape index (κ3) is 5.89. The Morgan fingerprint density at radius 2 is 1.70 bits per heavy atom. The van der Waals surface area contributed by atoms with E-state index in [4.69, 9.17) is 32.9 Å². The van der Waals surface area contributed by atoms with Crippen LogP contribution in [0.1, 0.15) is 60.5 Å². The molecule has 2 aliphatic carbocycles. The largest absolute Gasteiger partial charge is 0.387 e. The number of aromatic nitrogens is 2. The van der Waals surface area contributed by atoms with Gasteiger partial charge in [0.05, 0.1) is 33.7 Å². The Kier molecular flexibility index (Phi) is 8.45. The highest BCUT2D eigenvalue weighted by Gasteiger charge is 2.54. The fraction of sp³-hybridized carbons (Fsp3) is 0.500. The molecule has 2 saturated carbocycles. The van der Waals surface area contributed by atoms with Gasteiger partial charge >= 0.3 is 6.61 Å². The first kappa shape index (κ1) is 30.3. The average Bonchev–Trinajstić information content (AvgIpc) is 3.66. The minimum Gasteiger partial charge on any atom is -0.387 e. The summed E-state index contributed by atoms with van der Waals surface area (Å²) in [5, 5.41) is 6.99. The summed E-state index contributed by atoms with van der Waals surface area (Å²) in [5.74, 6) is 0.0215. The van der Waals surface area contributed by atoms with Gasteiger partial charge < -0.3 is 19.9 Å². The van der Waals surface area contributed by atoms with Crippen molar-refractivity contribution in [1.29, 1.82) is 0 Å². The number of imidazole rings is 1. The van der Waals surface area contributed by atoms with Crippen LogP contribution in [0.2, 0.25) is 10.0 Å². The number of rotatable bonds is 10. The molecule has 43 heavy (non-hydrogen) atoms. The molecule has 1 aromatic heterocycles. The Hall–Kier alpha value is -2.72. The van der Waals surface area contributed by atoms with Crippen molar-refractivity contribution in [2.75, 3.05) is 37.4 Å². The van der Waals surface area contributed by atoms with E-state index in [0.29, 0.717) is 28.1 Å². The van der Waals surface area contributed by atoms with Crippen molar-refractivity contribution in [3.63, 3.8) is 0 Å². The van der Waals surface area contributed by atoms with E-state index >= 15 is 0 Å². The van der Waals surface area contributed by atoms with Crippen molar-refractivity contribution >= 4 is 40.5 Å². The zero-order valence-electron chi connectivity index (χ0n) is 24.5. The number of alkyl halides is 2. The molecule has 2 N–H and O–H groups in total. The quantitative estimate of drug-likeness (QED) is 0.241. The summed E-state index contributed by atoms with van der Waals surface area (Å²) in [6, 6.07) is 11.2. The molecular weight excluding hydrogens is 595 g/mol. The van der Waals surface area contributed by atoms with Crippen LogP contribution < -0.4 is 10.6 Å². The molecule has 0 radical (unpaired) electrons. The fourth-order valence-electron chi connectivity index (χ4n) is 7.55. The first-order valence-corrected chi connectivity index (χ1v) is 15.6. The van der Waals surface area contributed by atoms with Gasteiger partial charge in [0.15, 0.2) is 5.82 Å². The normalized spacial score (nSPS) is 23.1. The van der Waals surface area contributed by atoms with Crippen molar-refractivity contribution in [2.45, 2.75) is 58.1 Å². The Labute approximate surface area is 260 Å². The Morgan fingerprint density at radius 3 is 2.37 bits per heavy atom. The van der Waals surface area contributed by atoms with Crippen LogP contribution in [0, 0.1) is 10.8 Å². The second-order valence-corrected chi connectivity index (χ2v) is 13.2. The van der Waals surface area contributed by atoms with Crippen molar-refractivity contribution in [2.24, 2.45) is 17.9 Å². The number of halogens is 4. The third-order valence-corrected chi connectivity index (χ3v) is 10.8. The zero-order chi connectivity index (χ0) is 30.4. The maximum atomic E-state index is 13.5. The first-order valence-electron chi connectivity index (χ1n) is 14.9. The molecular formula is C32H37Cl2F2N5O2. The summed E-state index contributed by atoms with van der Waals surface area (Å²) in [6.07, 6.45) is 6.97. The number of hydrogen-bond acceptors (Lipinski definition) is 5. The zero-order valence-corrected chi connectivity index (χ0v) is 26.0. The second-order valence-electron chi connectivity index (χ2n) is 12.5. The average molecular weight is 633 g/mol. The van der Waals surface area contributed by atoms with Crippen molar-refractivity contribution in [1.82, 2.24) is 14.5 Å². The summed E-state index contributed by atoms with van der Waals surface area (Å²) in [4.78, 5) is 20.6. The summed E-state index contributed by atoms with van der Waals surface area (Å²) >= 11 is 13.4. The third-order valence-electron chi connectivity index (χ3n) is 9.94. The van der Waals surface area contributed by atoms with Crippen LogP contribution in [0.4, 0.5) is 20.2 Å². The minimum atomic E-state index is -2.69. The van der Waals surface area contributed by atoms with Gasteiger partial charge in [-0.05, 0) is 68.0 Å². The predicted octanol–water partition coefficient (Wildman–Crippen LogP) is 7.63. The molecule has 3 aliphatic rings. The fourth-order valence-corrected chi connectivity index (χ4v) is 8.15. The number of nitrogens with zero attached hydrogens (tertiary/aromatic N) is 3. The number of amides is 1. The van der Waals surface area contributed by atoms with Gasteiger partial charge in [0.2, 0.25) is 0 Å². The molecule has 1 aliphatic heterocycles. The SMILES string of the molecule is CNc1cccc(-c2cccc(NC(=O)c3nc4c(n3C)CCN(CCC35CCC(COC(F)F)(CC3)C5)C4)c2Cl)c1Cl. The topological polar surface area (TPSA) is 71.4 Å². The van der Waals surface area contributed by atoms with Crippen LogP contribution in [-0.2, 0) is 24.8 Å². The molecule has 0 spiro atoms. The minimum absolute atomic E-state index is 0.0693. The van der Waals surface area contributed by atoms with Gasteiger partial charge in [-0.3, -0.25) is 9.69 Å². The van der Waals surface area contributed by atoms with Crippen LogP contribution in [0.3, 0.4) is 0 Å². The molecule has 0 unspecified atom stereocenters. The van der Waals surface area contributed by atoms with Crippen molar-refractivity contribution in [3.05, 3.63) is 63.7 Å². The first-order chi connectivity index (χ1) is 20.6. The molecule has 1 amide bonds. The molecule has 2 heterocycles. The number of ether oxygens (including phenoxy) is 1. The molecule has 2 aromatic carbocycles. The number of nitrogens with one attached hydrogen (secondary N) is 2. The maximum absolute atomic E-state index is 13.5. The molecule has 2 bridgehead atoms. The second kappa shape index (κ2) is 12.0. The van der Waals surface area contributed by atoms with E-state index in [1.807, 2.05) is 41.9 Å². The van der Waals surface area contributed by atoms with Gasteiger partial charge in [0.25, 0.3) is 5.91 Å². The summed E-state index contributed by atoms with van der Waals surface area (Å²) in [5.41, 5.74) is 4.91. The van der Waals surface area contributed by atoms with Crippen LogP contribution in [-0.4, -0.2) is 53.7 Å². The van der Waals surface area contributed by atoms with Crippen molar-refractivity contribution < 1.29 is 18.3 Å². The highest BCUT2D eigenvalue weighted by molar-refractivity contribution is 6.39. The monoisotopic (exact) mass is 631 g/mol. The molecule has 2 fully saturated rings. The lowest BCUT2D eigenvalue weighted by Gasteiger charge is -2.32. The number of fused-ring (bicyclic) bond motifs is 3. The number of anilines is 2. The molecule has 7 nitrogen and oxygen atoms in total. The van der Waals surface area contributed by atoms with Crippen LogP contribution in [0.15, 0.2) is 36.4 Å². The van der Waals surface area contributed by atoms with Gasteiger partial charge in [-0.15, -0.1) is 0 Å². The summed E-state index contributed by atoms with van der Waals surface area (Å²) < 4.78 is 32.0. The molecule has 3 aromatic rings. The standard InChI is InChI=1S/C32H37Cl2F2N5O2/c1-37-22-7-3-5-20(26(22)33)21-6-4-8-23(27(21)34)39-29(42)28-38-24-17-41(15-9-25(24)40(28)2)16-14-31-10-12-32(18-31,13-11-31)19-43-30(35)36/h3-8,30,37H,9-19H2,1-2H3,(H,39,42). The van der Waals surface area contributed by atoms with E-state index in [9.17, 15) is 13.6 Å². The Morgan fingerprint density at radius 1 is 1.05 bits per heavy atom. The lowest BCUT2D eigenvalue weighted by Crippen LogP contribution is -2.34. The van der Waals surface area contributed by atoms with Crippen molar-refractivity contribution in [3.8, 4) is 11.1 Å². The smallest absolute Gasteiger partial charge is 0.345 e. The predicted molar refractivity (Wildman–Crippen MR) is 166 cm³/mol. The van der Waals surface area contributed by atoms with E-state index in [2.05, 4.69) is 15.5 Å². The number of benzene rings is 2. The van der Waals surface area contributed by atoms with E-state index in [-0.39, 0.29) is 23.3 Å². The van der Waals surface area contributed by atoms with E-state index < -0.39 is 6.61 Å². The molecule has 11 heteroatoms. The van der Waals surface area contributed by atoms with Gasteiger partial charge in [-0.2, -0.15) is 8.78 Å². The number of carbonyl (C=O) groups is 1. The maximum Gasteiger partial charge on any atom is 0.345 e. The van der Waals surface area contributed by atoms with Crippen LogP contribution in [0.5, 0.6) is 0 Å². The highest BCUT2D eigenvalue weighted by atomic mass is 35.5. The van der Waals surface area contributed by atoms with Gasteiger partial charge in [-0.1, -0.05) is 47.5 Å². The van der Waals surface area contributed by atoms with E-state index in [1.54, 1.807) is 13.1 Å². The lowest BCUT2D eigenvalue weighted by molar-refractivity contribution is -0.151. The summed E-state index contributed by atoms with van der Waals surface area (Å²) in [6.45, 7) is -0.0132. The lowest BCUT2D eigenvalue weighted by atomic mass is 9.80. The number of carbonyl (C=O) groups excluding carboxylic acids is 1. The molecule has 6 rings (SSSR count). The van der Waals surface area contributed by atoms with E-state index in [0.717, 1.165) is 86.2 Å².